The minimum Gasteiger partial charge on any atom is -0.479 e. The summed E-state index contributed by atoms with van der Waals surface area (Å²) in [6.07, 6.45) is -0.601. The molecular weight excluding hydrogens is 256 g/mol. The van der Waals surface area contributed by atoms with Crippen molar-refractivity contribution in [3.63, 3.8) is 0 Å². The summed E-state index contributed by atoms with van der Waals surface area (Å²) >= 11 is 0. The molecule has 112 valence electrons. The maximum atomic E-state index is 11.1. The normalized spacial score (nSPS) is 16.1. The summed E-state index contributed by atoms with van der Waals surface area (Å²) in [5, 5.41) is 34.3. The maximum absolute atomic E-state index is 11.1. The van der Waals surface area contributed by atoms with Crippen LogP contribution in [-0.4, -0.2) is 56.8 Å². The molecule has 0 saturated heterocycles. The Kier molecular flexibility index (Phi) is 9.93. The molecule has 3 atom stereocenters. The highest BCUT2D eigenvalue weighted by molar-refractivity contribution is 5.78. The number of carbonyl (C=O) groups is 2. The first-order valence-corrected chi connectivity index (χ1v) is 5.64. The number of carboxylic acid groups (broad SMARTS) is 1. The molecule has 0 aromatic heterocycles. The van der Waals surface area contributed by atoms with E-state index in [0.717, 1.165) is 0 Å². The number of aliphatic hydroxyl groups is 3. The van der Waals surface area contributed by atoms with Gasteiger partial charge in [0.15, 0.2) is 5.60 Å². The molecule has 0 heterocycles. The van der Waals surface area contributed by atoms with Crippen molar-refractivity contribution in [2.45, 2.75) is 45.0 Å². The van der Waals surface area contributed by atoms with Crippen LogP contribution < -0.4 is 0 Å². The lowest BCUT2D eigenvalue weighted by atomic mass is 10.00. The van der Waals surface area contributed by atoms with E-state index in [1.165, 1.54) is 26.8 Å². The van der Waals surface area contributed by atoms with Crippen molar-refractivity contribution >= 4 is 11.9 Å². The van der Waals surface area contributed by atoms with Gasteiger partial charge in [-0.3, -0.25) is 0 Å². The van der Waals surface area contributed by atoms with Crippen molar-refractivity contribution in [1.82, 2.24) is 0 Å². The summed E-state index contributed by atoms with van der Waals surface area (Å²) in [5.41, 5.74) is -1.63. The van der Waals surface area contributed by atoms with Crippen LogP contribution in [0, 0.1) is 0 Å². The van der Waals surface area contributed by atoms with Crippen LogP contribution in [0.25, 0.3) is 0 Å². The minimum atomic E-state index is -1.63. The molecule has 7 heteroatoms. The Morgan fingerprint density at radius 3 is 2.05 bits per heavy atom. The van der Waals surface area contributed by atoms with Gasteiger partial charge in [-0.1, -0.05) is 12.7 Å². The third kappa shape index (κ3) is 11.4. The van der Waals surface area contributed by atoms with Crippen molar-refractivity contribution in [3.05, 3.63) is 12.7 Å². The first-order valence-electron chi connectivity index (χ1n) is 5.64. The van der Waals surface area contributed by atoms with E-state index in [1.807, 2.05) is 0 Å². The van der Waals surface area contributed by atoms with Gasteiger partial charge in [-0.15, -0.1) is 0 Å². The molecule has 0 fully saturated rings. The van der Waals surface area contributed by atoms with Gasteiger partial charge < -0.3 is 25.2 Å². The van der Waals surface area contributed by atoms with Gasteiger partial charge in [0.25, 0.3) is 0 Å². The van der Waals surface area contributed by atoms with E-state index in [1.54, 1.807) is 0 Å². The Balaban J connectivity index is 0. The second kappa shape index (κ2) is 9.48. The number of ether oxygens (including phenoxy) is 1. The van der Waals surface area contributed by atoms with Gasteiger partial charge in [0, 0.05) is 6.42 Å². The number of hydrogen-bond donors (Lipinski definition) is 4. The van der Waals surface area contributed by atoms with Crippen molar-refractivity contribution in [2.24, 2.45) is 0 Å². The van der Waals surface area contributed by atoms with Gasteiger partial charge in [-0.25, -0.2) is 9.59 Å². The van der Waals surface area contributed by atoms with Gasteiger partial charge in [-0.05, 0) is 20.8 Å². The number of carboxylic acids is 1. The van der Waals surface area contributed by atoms with E-state index in [9.17, 15) is 14.7 Å². The molecule has 0 radical (unpaired) electrons. The van der Waals surface area contributed by atoms with E-state index >= 15 is 0 Å². The Labute approximate surface area is 112 Å². The summed E-state index contributed by atoms with van der Waals surface area (Å²) in [5.74, 6) is -1.93. The molecule has 0 aliphatic heterocycles. The lowest BCUT2D eigenvalue weighted by molar-refractivity contribution is -0.165. The molecule has 0 amide bonds. The Hall–Kier alpha value is -1.44. The van der Waals surface area contributed by atoms with Crippen molar-refractivity contribution in [2.75, 3.05) is 6.61 Å². The number of aliphatic hydroxyl groups excluding tert-OH is 2. The monoisotopic (exact) mass is 278 g/mol. The quantitative estimate of drug-likeness (QED) is 0.388. The minimum absolute atomic E-state index is 0.0387. The van der Waals surface area contributed by atoms with Gasteiger partial charge in [-0.2, -0.15) is 0 Å². The lowest BCUT2D eigenvalue weighted by Gasteiger charge is -2.21. The van der Waals surface area contributed by atoms with Crippen molar-refractivity contribution in [3.8, 4) is 0 Å². The van der Waals surface area contributed by atoms with Crippen LogP contribution in [-0.2, 0) is 14.3 Å². The second-order valence-electron chi connectivity index (χ2n) is 4.23. The first kappa shape index (κ1) is 19.9. The van der Waals surface area contributed by atoms with Crippen LogP contribution in [0.3, 0.4) is 0 Å². The van der Waals surface area contributed by atoms with E-state index in [0.29, 0.717) is 0 Å². The summed E-state index contributed by atoms with van der Waals surface area (Å²) in [6, 6.07) is 0. The molecule has 0 spiro atoms. The predicted octanol–water partition coefficient (Wildman–Crippen LogP) is -0.311. The molecule has 3 unspecified atom stereocenters. The zero-order valence-corrected chi connectivity index (χ0v) is 11.4. The lowest BCUT2D eigenvalue weighted by Crippen LogP contribution is -2.39. The summed E-state index contributed by atoms with van der Waals surface area (Å²) in [7, 11) is 0. The standard InChI is InChI=1S/C9H16O4.C3H6O3/c1-4-5-13-8(11)9(3,12)6-7(2)10;1-2(4)3(5)6/h4,7,10,12H,1,5-6H2,2-3H3;2,4H,1H3,(H,5,6). The number of carbonyl (C=O) groups excluding carboxylic acids is 1. The van der Waals surface area contributed by atoms with Gasteiger partial charge in [0.1, 0.15) is 12.7 Å². The van der Waals surface area contributed by atoms with E-state index < -0.39 is 29.7 Å². The molecule has 0 saturated carbocycles. The number of esters is 1. The van der Waals surface area contributed by atoms with Crippen LogP contribution in [0.1, 0.15) is 27.2 Å². The van der Waals surface area contributed by atoms with Gasteiger partial charge in [0.05, 0.1) is 6.10 Å². The molecule has 0 rings (SSSR count). The SMILES string of the molecule is C=CCOC(=O)C(C)(O)CC(C)O.CC(O)C(=O)O. The molecule has 0 aromatic carbocycles. The zero-order chi connectivity index (χ0) is 15.6. The van der Waals surface area contributed by atoms with Crippen LogP contribution in [0.5, 0.6) is 0 Å². The van der Waals surface area contributed by atoms with E-state index in [2.05, 4.69) is 11.3 Å². The highest BCUT2D eigenvalue weighted by Crippen LogP contribution is 2.14. The molecule has 4 N–H and O–H groups in total. The molecule has 0 aromatic rings. The smallest absolute Gasteiger partial charge is 0.338 e. The molecule has 0 bridgehead atoms. The fourth-order valence-corrected chi connectivity index (χ4v) is 0.949. The largest absolute Gasteiger partial charge is 0.479 e. The average molecular weight is 278 g/mol. The van der Waals surface area contributed by atoms with Gasteiger partial charge >= 0.3 is 11.9 Å². The summed E-state index contributed by atoms with van der Waals surface area (Å²) in [4.78, 5) is 20.6. The Bertz CT molecular complexity index is 294. The number of rotatable bonds is 6. The van der Waals surface area contributed by atoms with Crippen LogP contribution in [0.15, 0.2) is 12.7 Å². The Morgan fingerprint density at radius 2 is 1.79 bits per heavy atom. The van der Waals surface area contributed by atoms with E-state index in [-0.39, 0.29) is 13.0 Å². The summed E-state index contributed by atoms with van der Waals surface area (Å²) in [6.45, 7) is 7.43. The summed E-state index contributed by atoms with van der Waals surface area (Å²) < 4.78 is 4.64. The topological polar surface area (TPSA) is 124 Å². The molecule has 0 aliphatic rings. The van der Waals surface area contributed by atoms with Crippen molar-refractivity contribution in [1.29, 1.82) is 0 Å². The second-order valence-corrected chi connectivity index (χ2v) is 4.23. The van der Waals surface area contributed by atoms with E-state index in [4.69, 9.17) is 15.3 Å². The van der Waals surface area contributed by atoms with Gasteiger partial charge in [0.2, 0.25) is 0 Å². The fourth-order valence-electron chi connectivity index (χ4n) is 0.949. The highest BCUT2D eigenvalue weighted by Gasteiger charge is 2.33. The van der Waals surface area contributed by atoms with Crippen LogP contribution >= 0.6 is 0 Å². The Morgan fingerprint density at radius 1 is 1.37 bits per heavy atom. The zero-order valence-electron chi connectivity index (χ0n) is 11.4. The third-order valence-electron chi connectivity index (χ3n) is 1.82. The maximum Gasteiger partial charge on any atom is 0.338 e. The highest BCUT2D eigenvalue weighted by atomic mass is 16.5. The first-order chi connectivity index (χ1) is 8.54. The van der Waals surface area contributed by atoms with Crippen LogP contribution in [0.2, 0.25) is 0 Å². The average Bonchev–Trinajstić information content (AvgIpc) is 2.24. The number of aliphatic carboxylic acids is 1. The van der Waals surface area contributed by atoms with Crippen molar-refractivity contribution < 1.29 is 34.8 Å². The molecule has 7 nitrogen and oxygen atoms in total. The molecule has 0 aliphatic carbocycles. The number of hydrogen-bond acceptors (Lipinski definition) is 6. The fraction of sp³-hybridized carbons (Fsp3) is 0.667. The van der Waals surface area contributed by atoms with Crippen LogP contribution in [0.4, 0.5) is 0 Å². The predicted molar refractivity (Wildman–Crippen MR) is 67.4 cm³/mol. The molecule has 19 heavy (non-hydrogen) atoms. The molecular formula is C12H22O7. The third-order valence-corrected chi connectivity index (χ3v) is 1.82.